The maximum atomic E-state index is 14.1. The Balaban J connectivity index is 0.00000364. The van der Waals surface area contributed by atoms with Gasteiger partial charge in [-0.2, -0.15) is 0 Å². The van der Waals surface area contributed by atoms with E-state index in [-0.39, 0.29) is 47.6 Å². The molecule has 0 radical (unpaired) electrons. The first kappa shape index (κ1) is 24.1. The number of hydrogen-bond acceptors (Lipinski definition) is 4. The van der Waals surface area contributed by atoms with Crippen molar-refractivity contribution >= 4 is 39.8 Å². The topological polar surface area (TPSA) is 79.8 Å². The highest BCUT2D eigenvalue weighted by molar-refractivity contribution is 14.0. The summed E-state index contributed by atoms with van der Waals surface area (Å²) in [4.78, 5) is 4.60. The monoisotopic (exact) mass is 513 g/mol. The highest BCUT2D eigenvalue weighted by atomic mass is 127. The van der Waals surface area contributed by atoms with Crippen LogP contribution >= 0.6 is 24.0 Å². The lowest BCUT2D eigenvalue weighted by atomic mass is 9.95. The van der Waals surface area contributed by atoms with E-state index in [1.165, 1.54) is 12.3 Å². The van der Waals surface area contributed by atoms with Crippen LogP contribution < -0.4 is 10.6 Å². The Morgan fingerprint density at radius 3 is 2.56 bits per heavy atom. The highest BCUT2D eigenvalue weighted by Crippen LogP contribution is 2.49. The van der Waals surface area contributed by atoms with Gasteiger partial charge in [-0.3, -0.25) is 4.99 Å². The van der Waals surface area contributed by atoms with E-state index in [2.05, 4.69) is 15.6 Å². The SMILES string of the molecule is CCNC(=NCC1(c2ccccc2F)CC1)NCCOCCS(C)(=O)=O.I. The van der Waals surface area contributed by atoms with Crippen LogP contribution in [0.15, 0.2) is 29.3 Å². The van der Waals surface area contributed by atoms with E-state index in [0.717, 1.165) is 18.4 Å². The molecule has 0 heterocycles. The lowest BCUT2D eigenvalue weighted by Crippen LogP contribution is -2.39. The number of nitrogens with zero attached hydrogens (tertiary/aromatic N) is 1. The van der Waals surface area contributed by atoms with Crippen LogP contribution in [0.2, 0.25) is 0 Å². The zero-order valence-corrected chi connectivity index (χ0v) is 19.0. The van der Waals surface area contributed by atoms with Gasteiger partial charge in [0.1, 0.15) is 15.7 Å². The Kier molecular flexibility index (Phi) is 9.96. The minimum Gasteiger partial charge on any atom is -0.379 e. The van der Waals surface area contributed by atoms with E-state index in [1.807, 2.05) is 19.1 Å². The van der Waals surface area contributed by atoms with Crippen LogP contribution in [0.5, 0.6) is 0 Å². The third-order valence-electron chi connectivity index (χ3n) is 4.32. The van der Waals surface area contributed by atoms with Crippen molar-refractivity contribution in [3.05, 3.63) is 35.6 Å². The minimum absolute atomic E-state index is 0. The van der Waals surface area contributed by atoms with Gasteiger partial charge in [-0.1, -0.05) is 18.2 Å². The molecule has 1 fully saturated rings. The van der Waals surface area contributed by atoms with Gasteiger partial charge in [0.05, 0.1) is 25.5 Å². The fourth-order valence-electron chi connectivity index (χ4n) is 2.68. The zero-order valence-electron chi connectivity index (χ0n) is 15.8. The summed E-state index contributed by atoms with van der Waals surface area (Å²) in [5, 5.41) is 6.31. The summed E-state index contributed by atoms with van der Waals surface area (Å²) < 4.78 is 41.4. The van der Waals surface area contributed by atoms with E-state index in [4.69, 9.17) is 4.74 Å². The van der Waals surface area contributed by atoms with Gasteiger partial charge < -0.3 is 15.4 Å². The van der Waals surface area contributed by atoms with Crippen LogP contribution in [-0.4, -0.2) is 59.2 Å². The Morgan fingerprint density at radius 2 is 1.96 bits per heavy atom. The molecule has 154 valence electrons. The van der Waals surface area contributed by atoms with E-state index in [1.54, 1.807) is 6.07 Å². The molecule has 1 aromatic carbocycles. The van der Waals surface area contributed by atoms with Crippen LogP contribution in [0.4, 0.5) is 4.39 Å². The number of rotatable bonds is 10. The second kappa shape index (κ2) is 11.2. The summed E-state index contributed by atoms with van der Waals surface area (Å²) in [5.41, 5.74) is 0.545. The molecule has 0 amide bonds. The maximum Gasteiger partial charge on any atom is 0.191 e. The molecule has 1 saturated carbocycles. The predicted octanol–water partition coefficient (Wildman–Crippen LogP) is 2.09. The number of guanidine groups is 1. The van der Waals surface area contributed by atoms with Crippen molar-refractivity contribution in [3.63, 3.8) is 0 Å². The Hall–Kier alpha value is -0.940. The van der Waals surface area contributed by atoms with Crippen molar-refractivity contribution in [2.24, 2.45) is 4.99 Å². The summed E-state index contributed by atoms with van der Waals surface area (Å²) >= 11 is 0. The molecule has 1 aliphatic carbocycles. The zero-order chi connectivity index (χ0) is 19.0. The standard InChI is InChI=1S/C18H28FN3O3S.HI/c1-3-20-17(21-10-11-25-12-13-26(2,23)24)22-14-18(8-9-18)15-6-4-5-7-16(15)19;/h4-7H,3,8-14H2,1-2H3,(H2,20,21,22);1H. The number of aliphatic imine (C=N–C) groups is 1. The molecule has 0 spiro atoms. The number of sulfone groups is 1. The van der Waals surface area contributed by atoms with E-state index >= 15 is 0 Å². The molecule has 1 aliphatic rings. The quantitative estimate of drug-likeness (QED) is 0.217. The number of hydrogen-bond donors (Lipinski definition) is 2. The molecule has 0 atom stereocenters. The van der Waals surface area contributed by atoms with E-state index < -0.39 is 9.84 Å². The molecular formula is C18H29FIN3O3S. The van der Waals surface area contributed by atoms with Gasteiger partial charge in [-0.15, -0.1) is 24.0 Å². The molecule has 0 aliphatic heterocycles. The minimum atomic E-state index is -3.00. The van der Waals surface area contributed by atoms with Gasteiger partial charge in [0.25, 0.3) is 0 Å². The summed E-state index contributed by atoms with van der Waals surface area (Å²) in [6.45, 7) is 4.31. The Morgan fingerprint density at radius 1 is 1.26 bits per heavy atom. The van der Waals surface area contributed by atoms with Crippen LogP contribution in [0, 0.1) is 5.82 Å². The third-order valence-corrected chi connectivity index (χ3v) is 5.23. The molecule has 2 N–H and O–H groups in total. The van der Waals surface area contributed by atoms with E-state index in [0.29, 0.717) is 32.2 Å². The van der Waals surface area contributed by atoms with Crippen LogP contribution in [0.25, 0.3) is 0 Å². The summed E-state index contributed by atoms with van der Waals surface area (Å²) in [5.74, 6) is 0.506. The second-order valence-corrected chi connectivity index (χ2v) is 8.88. The largest absolute Gasteiger partial charge is 0.379 e. The summed E-state index contributed by atoms with van der Waals surface area (Å²) in [7, 11) is -3.00. The predicted molar refractivity (Wildman–Crippen MR) is 117 cm³/mol. The van der Waals surface area contributed by atoms with Gasteiger partial charge in [-0.05, 0) is 31.4 Å². The van der Waals surface area contributed by atoms with Crippen molar-refractivity contribution in [2.45, 2.75) is 25.2 Å². The van der Waals surface area contributed by atoms with Crippen molar-refractivity contribution in [1.82, 2.24) is 10.6 Å². The van der Waals surface area contributed by atoms with Crippen molar-refractivity contribution in [2.75, 3.05) is 44.9 Å². The summed E-state index contributed by atoms with van der Waals surface area (Å²) in [6.07, 6.45) is 3.06. The third kappa shape index (κ3) is 8.30. The van der Waals surface area contributed by atoms with Crippen LogP contribution in [-0.2, 0) is 20.0 Å². The van der Waals surface area contributed by atoms with Crippen LogP contribution in [0.1, 0.15) is 25.3 Å². The lowest BCUT2D eigenvalue weighted by Gasteiger charge is -2.16. The number of halogens is 2. The first-order chi connectivity index (χ1) is 12.4. The van der Waals surface area contributed by atoms with Gasteiger partial charge in [-0.25, -0.2) is 12.8 Å². The lowest BCUT2D eigenvalue weighted by molar-refractivity contribution is 0.154. The molecule has 0 bridgehead atoms. The average molecular weight is 513 g/mol. The normalized spacial score (nSPS) is 15.7. The van der Waals surface area contributed by atoms with Gasteiger partial charge in [0.2, 0.25) is 0 Å². The molecule has 1 aromatic rings. The molecule has 6 nitrogen and oxygen atoms in total. The first-order valence-corrected chi connectivity index (χ1v) is 10.9. The van der Waals surface area contributed by atoms with Crippen LogP contribution in [0.3, 0.4) is 0 Å². The highest BCUT2D eigenvalue weighted by Gasteiger charge is 2.45. The molecule has 0 aromatic heterocycles. The molecule has 0 unspecified atom stereocenters. The number of ether oxygens (including phenoxy) is 1. The Bertz CT molecular complexity index is 724. The smallest absolute Gasteiger partial charge is 0.191 e. The average Bonchev–Trinajstić information content (AvgIpc) is 3.36. The second-order valence-electron chi connectivity index (χ2n) is 6.62. The fourth-order valence-corrected chi connectivity index (χ4v) is 3.10. The molecule has 9 heteroatoms. The fraction of sp³-hybridized carbons (Fsp3) is 0.611. The number of nitrogens with one attached hydrogen (secondary N) is 2. The Labute approximate surface area is 178 Å². The van der Waals surface area contributed by atoms with Gasteiger partial charge in [0.15, 0.2) is 5.96 Å². The summed E-state index contributed by atoms with van der Waals surface area (Å²) in [6, 6.07) is 6.90. The number of benzene rings is 1. The van der Waals surface area contributed by atoms with E-state index in [9.17, 15) is 12.8 Å². The van der Waals surface area contributed by atoms with Crippen molar-refractivity contribution in [1.29, 1.82) is 0 Å². The van der Waals surface area contributed by atoms with Crippen molar-refractivity contribution in [3.8, 4) is 0 Å². The molecule has 2 rings (SSSR count). The van der Waals surface area contributed by atoms with Gasteiger partial charge >= 0.3 is 0 Å². The molecular weight excluding hydrogens is 484 g/mol. The molecule has 27 heavy (non-hydrogen) atoms. The van der Waals surface area contributed by atoms with Crippen molar-refractivity contribution < 1.29 is 17.5 Å². The van der Waals surface area contributed by atoms with Gasteiger partial charge in [0, 0.05) is 24.8 Å². The first-order valence-electron chi connectivity index (χ1n) is 8.89. The maximum absolute atomic E-state index is 14.1. The molecule has 0 saturated heterocycles.